The van der Waals surface area contributed by atoms with Crippen molar-refractivity contribution in [2.45, 2.75) is 26.7 Å². The average molecular weight is 318 g/mol. The molecular weight excluding hydrogens is 296 g/mol. The number of hydrogen-bond acceptors (Lipinski definition) is 6. The van der Waals surface area contributed by atoms with Crippen molar-refractivity contribution in [3.05, 3.63) is 17.7 Å². The van der Waals surface area contributed by atoms with Gasteiger partial charge in [0, 0.05) is 18.7 Å². The number of rotatable bonds is 6. The number of carbonyl (C=O) groups excluding carboxylic acids is 1. The molecule has 0 aromatic carbocycles. The number of hydrogen-bond donors (Lipinski definition) is 1. The van der Waals surface area contributed by atoms with E-state index in [2.05, 4.69) is 20.2 Å². The third-order valence-corrected chi connectivity index (χ3v) is 4.22. The van der Waals surface area contributed by atoms with Gasteiger partial charge in [-0.2, -0.15) is 0 Å². The molecule has 0 saturated carbocycles. The number of nitrogens with one attached hydrogen (secondary N) is 1. The highest BCUT2D eigenvalue weighted by Gasteiger charge is 2.16. The second-order valence-electron chi connectivity index (χ2n) is 5.83. The Morgan fingerprint density at radius 2 is 2.13 bits per heavy atom. The molecule has 1 amide bonds. The molecule has 0 radical (unpaired) electrons. The topological polar surface area (TPSA) is 80.5 Å². The summed E-state index contributed by atoms with van der Waals surface area (Å²) in [5.41, 5.74) is 1.42. The van der Waals surface area contributed by atoms with Gasteiger partial charge in [0.05, 0.1) is 0 Å². The van der Waals surface area contributed by atoms with Crippen molar-refractivity contribution in [1.82, 2.24) is 20.2 Å². The summed E-state index contributed by atoms with van der Waals surface area (Å²) in [6.45, 7) is 7.53. The number of fused-ring (bicyclic) bond motifs is 1. The van der Waals surface area contributed by atoms with E-state index in [0.717, 1.165) is 36.3 Å². The summed E-state index contributed by atoms with van der Waals surface area (Å²) in [5.74, 6) is 1.02. The number of furan rings is 1. The zero-order chi connectivity index (χ0) is 16.2. The van der Waals surface area contributed by atoms with Crippen LogP contribution in [0.2, 0.25) is 0 Å². The molecule has 0 unspecified atom stereocenters. The highest BCUT2D eigenvalue weighted by molar-refractivity contribution is 5.84. The molecule has 1 N–H and O–H groups in total. The molecule has 2 aromatic rings. The number of aryl methyl sites for hydroxylation is 2. The Bertz CT molecular complexity index is 692. The van der Waals surface area contributed by atoms with Crippen LogP contribution in [-0.2, 0) is 4.79 Å². The number of ether oxygens (including phenoxy) is 1. The molecule has 124 valence electrons. The molecule has 1 saturated heterocycles. The maximum absolute atomic E-state index is 11.9. The zero-order valence-corrected chi connectivity index (χ0v) is 13.6. The lowest BCUT2D eigenvalue weighted by atomic mass is 10.2. The predicted molar refractivity (Wildman–Crippen MR) is 85.5 cm³/mol. The summed E-state index contributed by atoms with van der Waals surface area (Å²) in [5, 5.41) is 3.61. The van der Waals surface area contributed by atoms with Crippen molar-refractivity contribution in [3.63, 3.8) is 0 Å². The molecular formula is C16H22N4O3. The van der Waals surface area contributed by atoms with Crippen LogP contribution in [0.15, 0.2) is 10.7 Å². The maximum atomic E-state index is 11.9. The van der Waals surface area contributed by atoms with Crippen LogP contribution in [0.3, 0.4) is 0 Å². The van der Waals surface area contributed by atoms with Crippen molar-refractivity contribution in [2.75, 3.05) is 32.8 Å². The summed E-state index contributed by atoms with van der Waals surface area (Å²) >= 11 is 0. The van der Waals surface area contributed by atoms with Crippen molar-refractivity contribution in [1.29, 1.82) is 0 Å². The second-order valence-corrected chi connectivity index (χ2v) is 5.83. The van der Waals surface area contributed by atoms with Gasteiger partial charge in [0.15, 0.2) is 6.61 Å². The van der Waals surface area contributed by atoms with E-state index in [1.54, 1.807) is 0 Å². The summed E-state index contributed by atoms with van der Waals surface area (Å²) in [4.78, 5) is 22.4. The summed E-state index contributed by atoms with van der Waals surface area (Å²) in [6.07, 6.45) is 3.89. The van der Waals surface area contributed by atoms with Gasteiger partial charge in [-0.1, -0.05) is 0 Å². The molecule has 7 nitrogen and oxygen atoms in total. The monoisotopic (exact) mass is 318 g/mol. The first kappa shape index (κ1) is 15.7. The molecule has 0 atom stereocenters. The Kier molecular flexibility index (Phi) is 4.76. The Labute approximate surface area is 135 Å². The van der Waals surface area contributed by atoms with E-state index in [0.29, 0.717) is 18.1 Å². The van der Waals surface area contributed by atoms with E-state index < -0.39 is 0 Å². The van der Waals surface area contributed by atoms with Crippen LogP contribution >= 0.6 is 0 Å². The third-order valence-electron chi connectivity index (χ3n) is 4.22. The van der Waals surface area contributed by atoms with Crippen molar-refractivity contribution in [3.8, 4) is 5.88 Å². The van der Waals surface area contributed by atoms with Crippen molar-refractivity contribution in [2.24, 2.45) is 0 Å². The van der Waals surface area contributed by atoms with Crippen LogP contribution < -0.4 is 10.1 Å². The standard InChI is InChI=1S/C16H22N4O3/c1-11-12(2)23-16-14(11)15(18-10-19-16)22-9-13(21)17-5-8-20-6-3-4-7-20/h10H,3-9H2,1-2H3,(H,17,21). The minimum Gasteiger partial charge on any atom is -0.467 e. The molecule has 1 aliphatic rings. The van der Waals surface area contributed by atoms with Gasteiger partial charge in [0.25, 0.3) is 5.91 Å². The summed E-state index contributed by atoms with van der Waals surface area (Å²) in [7, 11) is 0. The first-order valence-electron chi connectivity index (χ1n) is 7.97. The fourth-order valence-electron chi connectivity index (χ4n) is 2.80. The molecule has 0 aliphatic carbocycles. The van der Waals surface area contributed by atoms with Gasteiger partial charge in [0.2, 0.25) is 11.6 Å². The number of likely N-dealkylation sites (tertiary alicyclic amines) is 1. The van der Waals surface area contributed by atoms with Gasteiger partial charge in [-0.05, 0) is 39.8 Å². The Morgan fingerprint density at radius 3 is 2.91 bits per heavy atom. The summed E-state index contributed by atoms with van der Waals surface area (Å²) < 4.78 is 11.1. The highest BCUT2D eigenvalue weighted by atomic mass is 16.5. The van der Waals surface area contributed by atoms with E-state index >= 15 is 0 Å². The largest absolute Gasteiger partial charge is 0.467 e. The van der Waals surface area contributed by atoms with Crippen molar-refractivity contribution >= 4 is 17.0 Å². The minimum atomic E-state index is -0.145. The first-order chi connectivity index (χ1) is 11.1. The van der Waals surface area contributed by atoms with Crippen LogP contribution in [0.1, 0.15) is 24.2 Å². The molecule has 3 rings (SSSR count). The van der Waals surface area contributed by atoms with Crippen LogP contribution in [0.25, 0.3) is 11.1 Å². The lowest BCUT2D eigenvalue weighted by Gasteiger charge is -2.14. The normalized spacial score (nSPS) is 15.2. The quantitative estimate of drug-likeness (QED) is 0.868. The zero-order valence-electron chi connectivity index (χ0n) is 13.6. The minimum absolute atomic E-state index is 0.0597. The van der Waals surface area contributed by atoms with E-state index in [4.69, 9.17) is 9.15 Å². The van der Waals surface area contributed by atoms with E-state index in [1.165, 1.54) is 19.2 Å². The molecule has 0 spiro atoms. The number of nitrogens with zero attached hydrogens (tertiary/aromatic N) is 3. The van der Waals surface area contributed by atoms with Gasteiger partial charge < -0.3 is 19.4 Å². The first-order valence-corrected chi connectivity index (χ1v) is 7.97. The molecule has 3 heterocycles. The Balaban J connectivity index is 1.52. The molecule has 1 aliphatic heterocycles. The molecule has 0 bridgehead atoms. The second kappa shape index (κ2) is 6.95. The molecule has 1 fully saturated rings. The highest BCUT2D eigenvalue weighted by Crippen LogP contribution is 2.29. The molecule has 23 heavy (non-hydrogen) atoms. The third kappa shape index (κ3) is 3.61. The SMILES string of the molecule is Cc1oc2ncnc(OCC(=O)NCCN3CCCC3)c2c1C. The Morgan fingerprint density at radius 1 is 1.35 bits per heavy atom. The van der Waals surface area contributed by atoms with Crippen LogP contribution in [0, 0.1) is 13.8 Å². The van der Waals surface area contributed by atoms with Crippen molar-refractivity contribution < 1.29 is 13.9 Å². The maximum Gasteiger partial charge on any atom is 0.258 e. The molecule has 2 aromatic heterocycles. The average Bonchev–Trinajstić information content (AvgIpc) is 3.15. The van der Waals surface area contributed by atoms with E-state index in [9.17, 15) is 4.79 Å². The summed E-state index contributed by atoms with van der Waals surface area (Å²) in [6, 6.07) is 0. The van der Waals surface area contributed by atoms with E-state index in [1.807, 2.05) is 13.8 Å². The fourth-order valence-corrected chi connectivity index (χ4v) is 2.80. The lowest BCUT2D eigenvalue weighted by Crippen LogP contribution is -2.36. The van der Waals surface area contributed by atoms with Gasteiger partial charge in [-0.3, -0.25) is 4.79 Å². The van der Waals surface area contributed by atoms with Gasteiger partial charge in [-0.25, -0.2) is 9.97 Å². The van der Waals surface area contributed by atoms with Crippen LogP contribution in [-0.4, -0.2) is 53.6 Å². The predicted octanol–water partition coefficient (Wildman–Crippen LogP) is 1.43. The smallest absolute Gasteiger partial charge is 0.258 e. The number of aromatic nitrogens is 2. The fraction of sp³-hybridized carbons (Fsp3) is 0.562. The van der Waals surface area contributed by atoms with Crippen LogP contribution in [0.4, 0.5) is 0 Å². The van der Waals surface area contributed by atoms with Gasteiger partial charge >= 0.3 is 0 Å². The number of amides is 1. The number of carbonyl (C=O) groups is 1. The Hall–Kier alpha value is -2.15. The van der Waals surface area contributed by atoms with Crippen LogP contribution in [0.5, 0.6) is 5.88 Å². The van der Waals surface area contributed by atoms with Gasteiger partial charge in [-0.15, -0.1) is 0 Å². The van der Waals surface area contributed by atoms with E-state index in [-0.39, 0.29) is 12.5 Å². The van der Waals surface area contributed by atoms with Gasteiger partial charge in [0.1, 0.15) is 17.5 Å². The molecule has 7 heteroatoms. The lowest BCUT2D eigenvalue weighted by molar-refractivity contribution is -0.123.